The topological polar surface area (TPSA) is 102 Å². The summed E-state index contributed by atoms with van der Waals surface area (Å²) >= 11 is 0. The Labute approximate surface area is 99.3 Å². The van der Waals surface area contributed by atoms with E-state index in [0.717, 1.165) is 0 Å². The van der Waals surface area contributed by atoms with Crippen molar-refractivity contribution in [3.05, 3.63) is 0 Å². The van der Waals surface area contributed by atoms with Crippen molar-refractivity contribution in [1.29, 1.82) is 0 Å². The predicted octanol–water partition coefficient (Wildman–Crippen LogP) is -1.15. The smallest absolute Gasteiger partial charge is 0.334 e. The van der Waals surface area contributed by atoms with Crippen LogP contribution in [0.3, 0.4) is 0 Å². The SMILES string of the molecule is C[C@H](O)C(=O)OCCOCCOC(=O)[C@@H](C)O. The molecule has 100 valence electrons. The average Bonchev–Trinajstić information content (AvgIpc) is 2.26. The molecule has 0 radical (unpaired) electrons. The van der Waals surface area contributed by atoms with E-state index in [1.54, 1.807) is 0 Å². The number of hydrogen-bond donors (Lipinski definition) is 2. The summed E-state index contributed by atoms with van der Waals surface area (Å²) in [6.45, 7) is 2.94. The quantitative estimate of drug-likeness (QED) is 0.414. The van der Waals surface area contributed by atoms with Crippen molar-refractivity contribution < 1.29 is 34.0 Å². The lowest BCUT2D eigenvalue weighted by Crippen LogP contribution is -2.23. The van der Waals surface area contributed by atoms with Crippen molar-refractivity contribution in [3.63, 3.8) is 0 Å². The number of aliphatic hydroxyl groups is 2. The summed E-state index contributed by atoms with van der Waals surface area (Å²) in [5, 5.41) is 17.6. The molecule has 0 aromatic rings. The van der Waals surface area contributed by atoms with Gasteiger partial charge in [0, 0.05) is 0 Å². The summed E-state index contributed by atoms with van der Waals surface area (Å²) in [5.41, 5.74) is 0. The van der Waals surface area contributed by atoms with Crippen LogP contribution in [0.5, 0.6) is 0 Å². The second-order valence-corrected chi connectivity index (χ2v) is 3.30. The van der Waals surface area contributed by atoms with Crippen LogP contribution in [-0.4, -0.2) is 60.8 Å². The Hall–Kier alpha value is -1.18. The van der Waals surface area contributed by atoms with Crippen molar-refractivity contribution in [2.24, 2.45) is 0 Å². The van der Waals surface area contributed by atoms with Crippen LogP contribution in [0, 0.1) is 0 Å². The lowest BCUT2D eigenvalue weighted by molar-refractivity contribution is -0.155. The second kappa shape index (κ2) is 8.91. The Morgan fingerprint density at radius 1 is 0.882 bits per heavy atom. The zero-order valence-corrected chi connectivity index (χ0v) is 9.92. The fourth-order valence-electron chi connectivity index (χ4n) is 0.746. The van der Waals surface area contributed by atoms with Crippen molar-refractivity contribution in [2.45, 2.75) is 26.1 Å². The van der Waals surface area contributed by atoms with Crippen molar-refractivity contribution >= 4 is 11.9 Å². The molecule has 0 saturated heterocycles. The molecule has 17 heavy (non-hydrogen) atoms. The minimum atomic E-state index is -1.15. The van der Waals surface area contributed by atoms with Gasteiger partial charge in [0.25, 0.3) is 0 Å². The van der Waals surface area contributed by atoms with Gasteiger partial charge in [-0.1, -0.05) is 0 Å². The largest absolute Gasteiger partial charge is 0.461 e. The molecule has 0 aromatic heterocycles. The Balaban J connectivity index is 3.30. The van der Waals surface area contributed by atoms with Gasteiger partial charge in [0.2, 0.25) is 0 Å². The Bertz CT molecular complexity index is 213. The number of ether oxygens (including phenoxy) is 3. The molecular formula is C10H18O7. The number of aliphatic hydroxyl groups excluding tert-OH is 2. The summed E-state index contributed by atoms with van der Waals surface area (Å²) in [4.78, 5) is 21.5. The summed E-state index contributed by atoms with van der Waals surface area (Å²) in [6.07, 6.45) is -2.30. The first-order chi connectivity index (χ1) is 7.95. The van der Waals surface area contributed by atoms with E-state index in [4.69, 9.17) is 14.9 Å². The molecule has 0 fully saturated rings. The van der Waals surface area contributed by atoms with E-state index in [1.165, 1.54) is 13.8 Å². The number of esters is 2. The highest BCUT2D eigenvalue weighted by Gasteiger charge is 2.10. The van der Waals surface area contributed by atoms with Gasteiger partial charge in [-0.05, 0) is 13.8 Å². The Morgan fingerprint density at radius 3 is 1.53 bits per heavy atom. The lowest BCUT2D eigenvalue weighted by atomic mass is 10.4. The third kappa shape index (κ3) is 8.61. The molecule has 0 aliphatic rings. The Kier molecular flexibility index (Phi) is 8.29. The van der Waals surface area contributed by atoms with Gasteiger partial charge < -0.3 is 24.4 Å². The number of carbonyl (C=O) groups is 2. The maximum atomic E-state index is 10.8. The van der Waals surface area contributed by atoms with Gasteiger partial charge in [-0.2, -0.15) is 0 Å². The third-order valence-electron chi connectivity index (χ3n) is 1.63. The van der Waals surface area contributed by atoms with Gasteiger partial charge in [-0.25, -0.2) is 9.59 Å². The maximum Gasteiger partial charge on any atom is 0.334 e. The van der Waals surface area contributed by atoms with Crippen LogP contribution in [0.1, 0.15) is 13.8 Å². The summed E-state index contributed by atoms with van der Waals surface area (Å²) in [5.74, 6) is -1.43. The molecule has 0 aliphatic heterocycles. The number of hydrogen-bond acceptors (Lipinski definition) is 7. The van der Waals surface area contributed by atoms with Crippen LogP contribution in [0.4, 0.5) is 0 Å². The van der Waals surface area contributed by atoms with Crippen LogP contribution < -0.4 is 0 Å². The van der Waals surface area contributed by atoms with Crippen LogP contribution in [-0.2, 0) is 23.8 Å². The molecule has 0 bridgehead atoms. The summed E-state index contributed by atoms with van der Waals surface area (Å²) in [7, 11) is 0. The van der Waals surface area contributed by atoms with Crippen molar-refractivity contribution in [3.8, 4) is 0 Å². The molecule has 2 N–H and O–H groups in total. The zero-order chi connectivity index (χ0) is 13.3. The highest BCUT2D eigenvalue weighted by Crippen LogP contribution is 1.89. The minimum absolute atomic E-state index is 0.0219. The van der Waals surface area contributed by atoms with Crippen LogP contribution >= 0.6 is 0 Å². The van der Waals surface area contributed by atoms with Gasteiger partial charge >= 0.3 is 11.9 Å². The van der Waals surface area contributed by atoms with Gasteiger partial charge in [-0.3, -0.25) is 0 Å². The van der Waals surface area contributed by atoms with Crippen LogP contribution in [0.25, 0.3) is 0 Å². The van der Waals surface area contributed by atoms with E-state index in [2.05, 4.69) is 9.47 Å². The molecule has 0 aliphatic carbocycles. The average molecular weight is 250 g/mol. The Morgan fingerprint density at radius 2 is 1.24 bits per heavy atom. The van der Waals surface area contributed by atoms with Gasteiger partial charge in [-0.15, -0.1) is 0 Å². The van der Waals surface area contributed by atoms with E-state index >= 15 is 0 Å². The highest BCUT2D eigenvalue weighted by molar-refractivity contribution is 5.74. The van der Waals surface area contributed by atoms with Crippen molar-refractivity contribution in [2.75, 3.05) is 26.4 Å². The molecule has 2 atom stereocenters. The molecule has 0 amide bonds. The van der Waals surface area contributed by atoms with Crippen molar-refractivity contribution in [1.82, 2.24) is 0 Å². The molecule has 7 heteroatoms. The first kappa shape index (κ1) is 15.8. The molecule has 0 unspecified atom stereocenters. The fraction of sp³-hybridized carbons (Fsp3) is 0.800. The molecule has 0 rings (SSSR count). The second-order valence-electron chi connectivity index (χ2n) is 3.30. The van der Waals surface area contributed by atoms with E-state index in [1.807, 2.05) is 0 Å². The van der Waals surface area contributed by atoms with Crippen LogP contribution in [0.2, 0.25) is 0 Å². The van der Waals surface area contributed by atoms with E-state index in [9.17, 15) is 9.59 Å². The van der Waals surface area contributed by atoms with Gasteiger partial charge in [0.05, 0.1) is 13.2 Å². The maximum absolute atomic E-state index is 10.8. The molecule has 7 nitrogen and oxygen atoms in total. The first-order valence-electron chi connectivity index (χ1n) is 5.22. The molecule has 0 aromatic carbocycles. The van der Waals surface area contributed by atoms with Crippen LogP contribution in [0.15, 0.2) is 0 Å². The summed E-state index contributed by atoms with van der Waals surface area (Å²) in [6, 6.07) is 0. The zero-order valence-electron chi connectivity index (χ0n) is 9.92. The van der Waals surface area contributed by atoms with Gasteiger partial charge in [0.15, 0.2) is 0 Å². The third-order valence-corrected chi connectivity index (χ3v) is 1.63. The predicted molar refractivity (Wildman–Crippen MR) is 56.1 cm³/mol. The first-order valence-corrected chi connectivity index (χ1v) is 5.22. The standard InChI is InChI=1S/C10H18O7/c1-7(11)9(13)16-5-3-15-4-6-17-10(14)8(2)12/h7-8,11-12H,3-6H2,1-2H3/t7-,8+. The normalized spacial score (nSPS) is 13.9. The fourth-order valence-corrected chi connectivity index (χ4v) is 0.746. The number of rotatable bonds is 8. The summed E-state index contributed by atoms with van der Waals surface area (Å²) < 4.78 is 14.2. The lowest BCUT2D eigenvalue weighted by Gasteiger charge is -2.08. The monoisotopic (exact) mass is 250 g/mol. The molecule has 0 saturated carbocycles. The number of carbonyl (C=O) groups excluding carboxylic acids is 2. The minimum Gasteiger partial charge on any atom is -0.461 e. The van der Waals surface area contributed by atoms with Gasteiger partial charge in [0.1, 0.15) is 25.4 Å². The molecule has 0 spiro atoms. The van der Waals surface area contributed by atoms with E-state index in [0.29, 0.717) is 0 Å². The highest BCUT2D eigenvalue weighted by atomic mass is 16.6. The van der Waals surface area contributed by atoms with E-state index in [-0.39, 0.29) is 26.4 Å². The molecular weight excluding hydrogens is 232 g/mol. The molecule has 0 heterocycles. The van der Waals surface area contributed by atoms with E-state index < -0.39 is 24.1 Å².